The molecule has 0 bridgehead atoms. The monoisotopic (exact) mass is 498 g/mol. The van der Waals surface area contributed by atoms with Crippen LogP contribution in [0.4, 0.5) is 11.4 Å². The number of nitrogens with zero attached hydrogens (tertiary/aromatic N) is 2. The Morgan fingerprint density at radius 1 is 0.972 bits per heavy atom. The highest BCUT2D eigenvalue weighted by molar-refractivity contribution is 7.80. The van der Waals surface area contributed by atoms with E-state index in [9.17, 15) is 14.9 Å². The number of para-hydroxylation sites is 2. The van der Waals surface area contributed by atoms with E-state index in [1.165, 1.54) is 18.2 Å². The van der Waals surface area contributed by atoms with Crippen LogP contribution in [-0.4, -0.2) is 20.9 Å². The van der Waals surface area contributed by atoms with E-state index in [4.69, 9.17) is 21.1 Å². The number of thiocarbonyl (C=S) groups is 1. The van der Waals surface area contributed by atoms with Gasteiger partial charge in [-0.25, -0.2) is 4.98 Å². The topological polar surface area (TPSA) is 123 Å². The zero-order chi connectivity index (χ0) is 25.2. The van der Waals surface area contributed by atoms with Crippen LogP contribution in [0.25, 0.3) is 33.9 Å². The predicted octanol–water partition coefficient (Wildman–Crippen LogP) is 6.10. The van der Waals surface area contributed by atoms with Gasteiger partial charge in [0.2, 0.25) is 5.89 Å². The van der Waals surface area contributed by atoms with Gasteiger partial charge < -0.3 is 14.2 Å². The number of benzene rings is 3. The minimum absolute atomic E-state index is 0.0117. The fourth-order valence-corrected chi connectivity index (χ4v) is 3.79. The molecule has 5 rings (SSSR count). The largest absolute Gasteiger partial charge is 0.451 e. The molecule has 0 spiro atoms. The Hall–Kier alpha value is -4.83. The number of nitrogens with one attached hydrogen (secondary N) is 2. The molecule has 1 amide bonds. The Morgan fingerprint density at radius 3 is 2.61 bits per heavy atom. The van der Waals surface area contributed by atoms with Crippen LogP contribution in [0, 0.1) is 17.0 Å². The molecule has 2 heterocycles. The molecular weight excluding hydrogens is 480 g/mol. The second-order valence-corrected chi connectivity index (χ2v) is 8.30. The molecule has 0 saturated carbocycles. The van der Waals surface area contributed by atoms with Crippen molar-refractivity contribution < 1.29 is 18.6 Å². The lowest BCUT2D eigenvalue weighted by molar-refractivity contribution is -0.384. The van der Waals surface area contributed by atoms with Crippen LogP contribution < -0.4 is 10.6 Å². The third-order valence-electron chi connectivity index (χ3n) is 5.42. The van der Waals surface area contributed by atoms with Crippen LogP contribution in [0.15, 0.2) is 87.7 Å². The van der Waals surface area contributed by atoms with Crippen molar-refractivity contribution in [2.24, 2.45) is 0 Å². The number of anilines is 1. The van der Waals surface area contributed by atoms with Gasteiger partial charge >= 0.3 is 0 Å². The summed E-state index contributed by atoms with van der Waals surface area (Å²) in [6, 6.07) is 22.1. The molecule has 0 unspecified atom stereocenters. The van der Waals surface area contributed by atoms with Crippen molar-refractivity contribution in [2.45, 2.75) is 6.92 Å². The van der Waals surface area contributed by atoms with Gasteiger partial charge in [0.1, 0.15) is 11.3 Å². The highest BCUT2D eigenvalue weighted by Gasteiger charge is 2.16. The van der Waals surface area contributed by atoms with Gasteiger partial charge in [0, 0.05) is 28.9 Å². The summed E-state index contributed by atoms with van der Waals surface area (Å²) in [5.74, 6) is 0.248. The summed E-state index contributed by atoms with van der Waals surface area (Å²) in [5.41, 5.74) is 4.18. The van der Waals surface area contributed by atoms with Crippen molar-refractivity contribution in [1.29, 1.82) is 0 Å². The number of hydrogen-bond acceptors (Lipinski definition) is 7. The maximum Gasteiger partial charge on any atom is 0.293 e. The smallest absolute Gasteiger partial charge is 0.293 e. The number of rotatable bonds is 5. The quantitative estimate of drug-likeness (QED) is 0.169. The molecule has 5 aromatic rings. The van der Waals surface area contributed by atoms with Crippen LogP contribution in [-0.2, 0) is 0 Å². The van der Waals surface area contributed by atoms with Gasteiger partial charge in [-0.3, -0.25) is 20.2 Å². The maximum atomic E-state index is 12.7. The van der Waals surface area contributed by atoms with E-state index in [0.29, 0.717) is 28.5 Å². The molecule has 10 heteroatoms. The average molecular weight is 499 g/mol. The van der Waals surface area contributed by atoms with E-state index >= 15 is 0 Å². The Bertz CT molecular complexity index is 1610. The SMILES string of the molecule is Cc1ccc(-c2nc3ccccc3o2)cc1NC(=S)NC(=O)c1ccc(-c2cccc([N+](=O)[O-])c2)o1. The number of amides is 1. The predicted molar refractivity (Wildman–Crippen MR) is 139 cm³/mol. The molecule has 0 fully saturated rings. The normalized spacial score (nSPS) is 10.8. The van der Waals surface area contributed by atoms with E-state index in [0.717, 1.165) is 16.6 Å². The van der Waals surface area contributed by atoms with E-state index < -0.39 is 10.8 Å². The van der Waals surface area contributed by atoms with Crippen LogP contribution in [0.3, 0.4) is 0 Å². The Morgan fingerprint density at radius 2 is 1.81 bits per heavy atom. The van der Waals surface area contributed by atoms with Crippen molar-refractivity contribution in [1.82, 2.24) is 10.3 Å². The molecule has 36 heavy (non-hydrogen) atoms. The van der Waals surface area contributed by atoms with E-state index in [-0.39, 0.29) is 16.6 Å². The average Bonchev–Trinajstić information content (AvgIpc) is 3.53. The van der Waals surface area contributed by atoms with Gasteiger partial charge in [0.25, 0.3) is 11.6 Å². The zero-order valence-electron chi connectivity index (χ0n) is 18.8. The molecule has 0 aliphatic rings. The third kappa shape index (κ3) is 4.70. The van der Waals surface area contributed by atoms with E-state index in [1.807, 2.05) is 49.4 Å². The highest BCUT2D eigenvalue weighted by Crippen LogP contribution is 2.28. The molecule has 3 aromatic carbocycles. The van der Waals surface area contributed by atoms with Gasteiger partial charge in [-0.15, -0.1) is 0 Å². The van der Waals surface area contributed by atoms with Crippen molar-refractivity contribution in [3.8, 4) is 22.8 Å². The molecule has 178 valence electrons. The van der Waals surface area contributed by atoms with Gasteiger partial charge in [-0.2, -0.15) is 0 Å². The first kappa shape index (κ1) is 22.9. The Balaban J connectivity index is 1.29. The molecule has 0 aliphatic carbocycles. The number of carbonyl (C=O) groups is 1. The van der Waals surface area contributed by atoms with Gasteiger partial charge in [-0.05, 0) is 61.1 Å². The van der Waals surface area contributed by atoms with E-state index in [2.05, 4.69) is 15.6 Å². The first-order valence-electron chi connectivity index (χ1n) is 10.8. The van der Waals surface area contributed by atoms with Gasteiger partial charge in [0.05, 0.1) is 4.92 Å². The van der Waals surface area contributed by atoms with Crippen molar-refractivity contribution in [3.63, 3.8) is 0 Å². The number of fused-ring (bicyclic) bond motifs is 1. The van der Waals surface area contributed by atoms with Crippen LogP contribution >= 0.6 is 12.2 Å². The second kappa shape index (κ2) is 9.43. The lowest BCUT2D eigenvalue weighted by Gasteiger charge is -2.12. The number of nitro benzene ring substituents is 1. The Labute approximate surface area is 209 Å². The number of non-ortho nitro benzene ring substituents is 1. The molecule has 0 saturated heterocycles. The minimum atomic E-state index is -0.558. The molecule has 0 atom stereocenters. The summed E-state index contributed by atoms with van der Waals surface area (Å²) < 4.78 is 11.4. The number of nitro groups is 1. The first-order chi connectivity index (χ1) is 17.4. The van der Waals surface area contributed by atoms with Crippen molar-refractivity contribution in [2.75, 3.05) is 5.32 Å². The number of hydrogen-bond donors (Lipinski definition) is 2. The summed E-state index contributed by atoms with van der Waals surface area (Å²) in [7, 11) is 0. The fraction of sp³-hybridized carbons (Fsp3) is 0.0385. The summed E-state index contributed by atoms with van der Waals surface area (Å²) >= 11 is 5.33. The van der Waals surface area contributed by atoms with E-state index in [1.54, 1.807) is 18.2 Å². The number of oxazole rings is 1. The number of carbonyl (C=O) groups excluding carboxylic acids is 1. The Kier molecular flexibility index (Phi) is 6.01. The fourth-order valence-electron chi connectivity index (χ4n) is 3.59. The number of aryl methyl sites for hydroxylation is 1. The second-order valence-electron chi connectivity index (χ2n) is 7.90. The van der Waals surface area contributed by atoms with Crippen LogP contribution in [0.2, 0.25) is 0 Å². The molecule has 0 aliphatic heterocycles. The maximum absolute atomic E-state index is 12.7. The highest BCUT2D eigenvalue weighted by atomic mass is 32.1. The number of furan rings is 1. The lowest BCUT2D eigenvalue weighted by Crippen LogP contribution is -2.34. The molecule has 9 nitrogen and oxygen atoms in total. The van der Waals surface area contributed by atoms with Gasteiger partial charge in [-0.1, -0.05) is 30.3 Å². The molecule has 2 aromatic heterocycles. The van der Waals surface area contributed by atoms with Crippen LogP contribution in [0.1, 0.15) is 16.1 Å². The minimum Gasteiger partial charge on any atom is -0.451 e. The molecule has 0 radical (unpaired) electrons. The van der Waals surface area contributed by atoms with Crippen LogP contribution in [0.5, 0.6) is 0 Å². The van der Waals surface area contributed by atoms with Crippen molar-refractivity contribution in [3.05, 3.63) is 100 Å². The number of aromatic nitrogens is 1. The molecular formula is C26H18N4O5S. The lowest BCUT2D eigenvalue weighted by atomic mass is 10.1. The summed E-state index contributed by atoms with van der Waals surface area (Å²) in [6.45, 7) is 1.90. The summed E-state index contributed by atoms with van der Waals surface area (Å²) in [6.07, 6.45) is 0. The first-order valence-corrected chi connectivity index (χ1v) is 11.2. The third-order valence-corrected chi connectivity index (χ3v) is 5.63. The summed E-state index contributed by atoms with van der Waals surface area (Å²) in [4.78, 5) is 27.7. The summed E-state index contributed by atoms with van der Waals surface area (Å²) in [5, 5.41) is 16.7. The van der Waals surface area contributed by atoms with Crippen molar-refractivity contribution >= 4 is 45.7 Å². The molecule has 2 N–H and O–H groups in total. The van der Waals surface area contributed by atoms with Gasteiger partial charge in [0.15, 0.2) is 16.5 Å². The standard InChI is InChI=1S/C26H18N4O5S/c1-15-9-10-17(25-27-19-7-2-3-8-22(19)35-25)14-20(15)28-26(36)29-24(31)23-12-11-21(34-23)16-5-4-6-18(13-16)30(32)33/h2-14H,1H3,(H2,28,29,31,36). The zero-order valence-corrected chi connectivity index (χ0v) is 19.7.